The molecule has 112 valence electrons. The smallest absolute Gasteiger partial charge is 0.0933 e. The van der Waals surface area contributed by atoms with Gasteiger partial charge in [-0.2, -0.15) is 11.8 Å². The van der Waals surface area contributed by atoms with E-state index in [4.69, 9.17) is 4.74 Å². The molecule has 0 bridgehead atoms. The van der Waals surface area contributed by atoms with E-state index in [1.807, 2.05) is 11.8 Å². The Bertz CT molecular complexity index is 374. The van der Waals surface area contributed by atoms with Crippen molar-refractivity contribution in [1.82, 2.24) is 4.90 Å². The molecule has 1 aromatic carbocycles. The van der Waals surface area contributed by atoms with E-state index in [2.05, 4.69) is 42.2 Å². The summed E-state index contributed by atoms with van der Waals surface area (Å²) in [4.78, 5) is 2.44. The lowest BCUT2D eigenvalue weighted by Gasteiger charge is -2.37. The average Bonchev–Trinajstić information content (AvgIpc) is 2.50. The SMILES string of the molecule is CC1COC(CO)CN1CCCSCc1ccccc1. The Kier molecular flexibility index (Phi) is 6.87. The van der Waals surface area contributed by atoms with Crippen molar-refractivity contribution in [3.8, 4) is 0 Å². The minimum atomic E-state index is 0.00294. The number of ether oxygens (including phenoxy) is 1. The van der Waals surface area contributed by atoms with Gasteiger partial charge in [0.15, 0.2) is 0 Å². The molecule has 1 fully saturated rings. The maximum absolute atomic E-state index is 9.17. The Hall–Kier alpha value is -0.550. The summed E-state index contributed by atoms with van der Waals surface area (Å²) >= 11 is 2.00. The van der Waals surface area contributed by atoms with Gasteiger partial charge in [-0.15, -0.1) is 0 Å². The summed E-state index contributed by atoms with van der Waals surface area (Å²) in [5, 5.41) is 9.17. The van der Waals surface area contributed by atoms with Crippen molar-refractivity contribution in [2.75, 3.05) is 32.1 Å². The van der Waals surface area contributed by atoms with E-state index in [1.54, 1.807) is 0 Å². The second-order valence-electron chi connectivity index (χ2n) is 5.37. The van der Waals surface area contributed by atoms with Crippen molar-refractivity contribution in [3.63, 3.8) is 0 Å². The molecule has 20 heavy (non-hydrogen) atoms. The van der Waals surface area contributed by atoms with Gasteiger partial charge in [-0.05, 0) is 31.2 Å². The fourth-order valence-electron chi connectivity index (χ4n) is 2.43. The molecule has 0 radical (unpaired) electrons. The molecule has 1 saturated heterocycles. The number of hydrogen-bond donors (Lipinski definition) is 1. The second kappa shape index (κ2) is 8.67. The number of benzene rings is 1. The first-order valence-corrected chi connectivity index (χ1v) is 8.53. The zero-order valence-corrected chi connectivity index (χ0v) is 13.0. The standard InChI is InChI=1S/C16H25NO2S/c1-14-12-19-16(11-18)10-17(14)8-5-9-20-13-15-6-3-2-4-7-15/h2-4,6-7,14,16,18H,5,8-13H2,1H3. The van der Waals surface area contributed by atoms with Gasteiger partial charge in [0.2, 0.25) is 0 Å². The molecule has 3 nitrogen and oxygen atoms in total. The largest absolute Gasteiger partial charge is 0.394 e. The quantitative estimate of drug-likeness (QED) is 0.783. The van der Waals surface area contributed by atoms with Crippen molar-refractivity contribution in [2.24, 2.45) is 0 Å². The van der Waals surface area contributed by atoms with E-state index in [-0.39, 0.29) is 12.7 Å². The van der Waals surface area contributed by atoms with Crippen LogP contribution in [0.15, 0.2) is 30.3 Å². The van der Waals surface area contributed by atoms with E-state index in [0.717, 1.165) is 25.4 Å². The van der Waals surface area contributed by atoms with Crippen molar-refractivity contribution >= 4 is 11.8 Å². The minimum Gasteiger partial charge on any atom is -0.394 e. The van der Waals surface area contributed by atoms with Crippen molar-refractivity contribution < 1.29 is 9.84 Å². The molecule has 1 aliphatic heterocycles. The Morgan fingerprint density at radius 2 is 2.15 bits per heavy atom. The second-order valence-corrected chi connectivity index (χ2v) is 6.48. The van der Waals surface area contributed by atoms with Crippen LogP contribution < -0.4 is 0 Å². The zero-order chi connectivity index (χ0) is 14.2. The van der Waals surface area contributed by atoms with Crippen LogP contribution in [0, 0.1) is 0 Å². The van der Waals surface area contributed by atoms with Crippen molar-refractivity contribution in [2.45, 2.75) is 31.2 Å². The summed E-state index contributed by atoms with van der Waals surface area (Å²) in [7, 11) is 0. The van der Waals surface area contributed by atoms with Gasteiger partial charge in [0.25, 0.3) is 0 Å². The Labute approximate surface area is 126 Å². The van der Waals surface area contributed by atoms with Crippen LogP contribution in [0.5, 0.6) is 0 Å². The highest BCUT2D eigenvalue weighted by molar-refractivity contribution is 7.98. The van der Waals surface area contributed by atoms with Crippen LogP contribution >= 0.6 is 11.8 Å². The summed E-state index contributed by atoms with van der Waals surface area (Å²) in [6.45, 7) is 5.03. The maximum Gasteiger partial charge on any atom is 0.0933 e. The first kappa shape index (κ1) is 15.8. The van der Waals surface area contributed by atoms with Crippen LogP contribution in [0.4, 0.5) is 0 Å². The normalized spacial score (nSPS) is 23.9. The number of morpholine rings is 1. The maximum atomic E-state index is 9.17. The van der Waals surface area contributed by atoms with Gasteiger partial charge < -0.3 is 9.84 Å². The van der Waals surface area contributed by atoms with Crippen molar-refractivity contribution in [3.05, 3.63) is 35.9 Å². The summed E-state index contributed by atoms with van der Waals surface area (Å²) in [5.74, 6) is 2.28. The lowest BCUT2D eigenvalue weighted by atomic mass is 10.2. The molecular formula is C16H25NO2S. The van der Waals surface area contributed by atoms with E-state index in [0.29, 0.717) is 6.04 Å². The highest BCUT2D eigenvalue weighted by Crippen LogP contribution is 2.15. The number of nitrogens with zero attached hydrogens (tertiary/aromatic N) is 1. The topological polar surface area (TPSA) is 32.7 Å². The first-order valence-electron chi connectivity index (χ1n) is 7.37. The number of aliphatic hydroxyl groups excluding tert-OH is 1. The third kappa shape index (κ3) is 5.09. The average molecular weight is 295 g/mol. The Morgan fingerprint density at radius 1 is 1.35 bits per heavy atom. The molecule has 0 spiro atoms. The number of hydrogen-bond acceptors (Lipinski definition) is 4. The third-order valence-electron chi connectivity index (χ3n) is 3.68. The molecule has 0 aliphatic carbocycles. The van der Waals surface area contributed by atoms with E-state index in [1.165, 1.54) is 17.7 Å². The van der Waals surface area contributed by atoms with Gasteiger partial charge in [-0.3, -0.25) is 4.90 Å². The van der Waals surface area contributed by atoms with E-state index in [9.17, 15) is 5.11 Å². The molecule has 4 heteroatoms. The fourth-order valence-corrected chi connectivity index (χ4v) is 3.34. The van der Waals surface area contributed by atoms with Crippen molar-refractivity contribution in [1.29, 1.82) is 0 Å². The fraction of sp³-hybridized carbons (Fsp3) is 0.625. The monoisotopic (exact) mass is 295 g/mol. The van der Waals surface area contributed by atoms with Gasteiger partial charge in [-0.1, -0.05) is 30.3 Å². The molecule has 0 aromatic heterocycles. The predicted molar refractivity (Wildman–Crippen MR) is 85.1 cm³/mol. The summed E-state index contributed by atoms with van der Waals surface area (Å²) in [5.41, 5.74) is 1.40. The number of thioether (sulfide) groups is 1. The molecule has 0 saturated carbocycles. The Balaban J connectivity index is 1.60. The molecule has 1 aromatic rings. The highest BCUT2D eigenvalue weighted by Gasteiger charge is 2.24. The van der Waals surface area contributed by atoms with Gasteiger partial charge >= 0.3 is 0 Å². The van der Waals surface area contributed by atoms with Crippen LogP contribution in [0.3, 0.4) is 0 Å². The molecular weight excluding hydrogens is 270 g/mol. The van der Waals surface area contributed by atoms with Gasteiger partial charge in [0, 0.05) is 18.3 Å². The van der Waals surface area contributed by atoms with Gasteiger partial charge in [0.05, 0.1) is 19.3 Å². The molecule has 2 atom stereocenters. The molecule has 1 aliphatic rings. The highest BCUT2D eigenvalue weighted by atomic mass is 32.2. The first-order chi connectivity index (χ1) is 9.79. The number of rotatable bonds is 7. The van der Waals surface area contributed by atoms with E-state index < -0.39 is 0 Å². The van der Waals surface area contributed by atoms with Crippen LogP contribution in [-0.2, 0) is 10.5 Å². The van der Waals surface area contributed by atoms with Crippen LogP contribution in [0.1, 0.15) is 18.9 Å². The summed E-state index contributed by atoms with van der Waals surface area (Å²) in [6.07, 6.45) is 1.20. The summed E-state index contributed by atoms with van der Waals surface area (Å²) < 4.78 is 5.56. The molecule has 1 N–H and O–H groups in total. The molecule has 2 unspecified atom stereocenters. The molecule has 2 rings (SSSR count). The molecule has 1 heterocycles. The summed E-state index contributed by atoms with van der Waals surface area (Å²) in [6, 6.07) is 11.1. The lowest BCUT2D eigenvalue weighted by molar-refractivity contribution is -0.0774. The van der Waals surface area contributed by atoms with Gasteiger partial charge in [-0.25, -0.2) is 0 Å². The lowest BCUT2D eigenvalue weighted by Crippen LogP contribution is -2.49. The van der Waals surface area contributed by atoms with Crippen LogP contribution in [-0.4, -0.2) is 54.2 Å². The third-order valence-corrected chi connectivity index (χ3v) is 4.80. The van der Waals surface area contributed by atoms with E-state index >= 15 is 0 Å². The van der Waals surface area contributed by atoms with Gasteiger partial charge in [0.1, 0.15) is 0 Å². The predicted octanol–water partition coefficient (Wildman–Crippen LogP) is 2.39. The van der Waals surface area contributed by atoms with Crippen LogP contribution in [0.25, 0.3) is 0 Å². The number of aliphatic hydroxyl groups is 1. The Morgan fingerprint density at radius 3 is 2.90 bits per heavy atom. The minimum absolute atomic E-state index is 0.00294. The molecule has 0 amide bonds. The zero-order valence-electron chi connectivity index (χ0n) is 12.2. The van der Waals surface area contributed by atoms with Crippen LogP contribution in [0.2, 0.25) is 0 Å².